The number of anilines is 1. The van der Waals surface area contributed by atoms with E-state index in [9.17, 15) is 12.8 Å². The normalized spacial score (nSPS) is 16.4. The summed E-state index contributed by atoms with van der Waals surface area (Å²) in [5, 5.41) is 8.08. The molecular formula is C11H16FN3O2S. The van der Waals surface area contributed by atoms with Gasteiger partial charge in [0.2, 0.25) is 10.0 Å². The van der Waals surface area contributed by atoms with E-state index >= 15 is 0 Å². The molecule has 1 saturated heterocycles. The Morgan fingerprint density at radius 3 is 2.56 bits per heavy atom. The molecule has 1 aliphatic heterocycles. The quantitative estimate of drug-likeness (QED) is 0.826. The molecule has 0 aromatic heterocycles. The molecule has 1 aliphatic rings. The van der Waals surface area contributed by atoms with Gasteiger partial charge in [0.1, 0.15) is 5.82 Å². The molecule has 100 valence electrons. The first-order valence-electron chi connectivity index (χ1n) is 5.73. The lowest BCUT2D eigenvalue weighted by Gasteiger charge is -2.39. The van der Waals surface area contributed by atoms with Crippen molar-refractivity contribution in [2.45, 2.75) is 17.9 Å². The molecule has 0 aliphatic carbocycles. The van der Waals surface area contributed by atoms with Crippen molar-refractivity contribution in [3.63, 3.8) is 0 Å². The minimum atomic E-state index is -3.86. The van der Waals surface area contributed by atoms with E-state index in [1.54, 1.807) is 0 Å². The van der Waals surface area contributed by atoms with E-state index < -0.39 is 15.8 Å². The van der Waals surface area contributed by atoms with E-state index in [1.807, 2.05) is 11.8 Å². The number of primary sulfonamides is 1. The predicted molar refractivity (Wildman–Crippen MR) is 67.5 cm³/mol. The summed E-state index contributed by atoms with van der Waals surface area (Å²) in [5.74, 6) is -0.560. The highest BCUT2D eigenvalue weighted by atomic mass is 32.2. The minimum Gasteiger partial charge on any atom is -0.364 e. The molecule has 1 aromatic rings. The van der Waals surface area contributed by atoms with Gasteiger partial charge in [-0.2, -0.15) is 0 Å². The summed E-state index contributed by atoms with van der Waals surface area (Å²) < 4.78 is 36.2. The number of halogens is 1. The molecule has 1 aromatic carbocycles. The van der Waals surface area contributed by atoms with E-state index in [2.05, 4.69) is 5.32 Å². The number of nitrogens with two attached hydrogens (primary N) is 1. The topological polar surface area (TPSA) is 75.4 Å². The van der Waals surface area contributed by atoms with Gasteiger partial charge < -0.3 is 10.2 Å². The van der Waals surface area contributed by atoms with Crippen molar-refractivity contribution in [2.24, 2.45) is 5.14 Å². The van der Waals surface area contributed by atoms with Crippen molar-refractivity contribution in [3.8, 4) is 0 Å². The van der Waals surface area contributed by atoms with E-state index in [0.29, 0.717) is 12.2 Å². The third kappa shape index (κ3) is 2.47. The number of rotatable bonds is 4. The van der Waals surface area contributed by atoms with Gasteiger partial charge in [-0.15, -0.1) is 0 Å². The van der Waals surface area contributed by atoms with Crippen molar-refractivity contribution in [2.75, 3.05) is 24.5 Å². The molecular weight excluding hydrogens is 257 g/mol. The van der Waals surface area contributed by atoms with E-state index in [4.69, 9.17) is 5.14 Å². The van der Waals surface area contributed by atoms with Crippen molar-refractivity contribution in [1.82, 2.24) is 5.32 Å². The van der Waals surface area contributed by atoms with Crippen LogP contribution in [0.5, 0.6) is 0 Å². The van der Waals surface area contributed by atoms with Crippen LogP contribution in [0.15, 0.2) is 23.1 Å². The standard InChI is InChI=1S/C11H16FN3O2S/c1-2-15(8-6-14-7-8)11-4-3-9(5-10(11)12)18(13,16)17/h3-5,8,14H,2,6-7H2,1H3,(H2,13,16,17). The summed E-state index contributed by atoms with van der Waals surface area (Å²) in [5.41, 5.74) is 0.413. The Balaban J connectivity index is 2.34. The zero-order chi connectivity index (χ0) is 13.3. The Labute approximate surface area is 106 Å². The number of nitrogens with one attached hydrogen (secondary N) is 1. The first-order chi connectivity index (χ1) is 8.43. The van der Waals surface area contributed by atoms with E-state index in [0.717, 1.165) is 19.2 Å². The van der Waals surface area contributed by atoms with Crippen LogP contribution in [0.4, 0.5) is 10.1 Å². The van der Waals surface area contributed by atoms with Crippen LogP contribution in [-0.4, -0.2) is 34.1 Å². The molecule has 1 fully saturated rings. The lowest BCUT2D eigenvalue weighted by Crippen LogP contribution is -2.57. The Kier molecular flexibility index (Phi) is 3.56. The van der Waals surface area contributed by atoms with Crippen molar-refractivity contribution in [1.29, 1.82) is 0 Å². The van der Waals surface area contributed by atoms with Crippen LogP contribution in [0.3, 0.4) is 0 Å². The average molecular weight is 273 g/mol. The number of nitrogens with zero attached hydrogens (tertiary/aromatic N) is 1. The van der Waals surface area contributed by atoms with Crippen molar-refractivity contribution in [3.05, 3.63) is 24.0 Å². The summed E-state index contributed by atoms with van der Waals surface area (Å²) in [6.45, 7) is 4.22. The molecule has 0 unspecified atom stereocenters. The number of hydrogen-bond donors (Lipinski definition) is 2. The molecule has 0 bridgehead atoms. The molecule has 0 saturated carbocycles. The summed E-state index contributed by atoms with van der Waals surface area (Å²) in [7, 11) is -3.86. The third-order valence-corrected chi connectivity index (χ3v) is 4.01. The molecule has 0 radical (unpaired) electrons. The molecule has 0 amide bonds. The first-order valence-corrected chi connectivity index (χ1v) is 7.28. The highest BCUT2D eigenvalue weighted by molar-refractivity contribution is 7.89. The fourth-order valence-electron chi connectivity index (χ4n) is 2.02. The zero-order valence-corrected chi connectivity index (χ0v) is 10.9. The Bertz CT molecular complexity index is 543. The van der Waals surface area contributed by atoms with Crippen LogP contribution in [0, 0.1) is 5.82 Å². The maximum atomic E-state index is 14.0. The monoisotopic (exact) mass is 273 g/mol. The predicted octanol–water partition coefficient (Wildman–Crippen LogP) is 0.271. The Morgan fingerprint density at radius 1 is 1.50 bits per heavy atom. The van der Waals surface area contributed by atoms with Crippen molar-refractivity contribution < 1.29 is 12.8 Å². The third-order valence-electron chi connectivity index (χ3n) is 3.10. The lowest BCUT2D eigenvalue weighted by molar-refractivity contribution is 0.413. The van der Waals surface area contributed by atoms with Crippen LogP contribution in [0.25, 0.3) is 0 Å². The van der Waals surface area contributed by atoms with Crippen LogP contribution in [-0.2, 0) is 10.0 Å². The molecule has 1 heterocycles. The van der Waals surface area contributed by atoms with Gasteiger partial charge >= 0.3 is 0 Å². The van der Waals surface area contributed by atoms with E-state index in [-0.39, 0.29) is 10.9 Å². The van der Waals surface area contributed by atoms with Crippen LogP contribution in [0.2, 0.25) is 0 Å². The number of likely N-dealkylation sites (N-methyl/N-ethyl adjacent to an activating group) is 1. The van der Waals surface area contributed by atoms with Crippen LogP contribution >= 0.6 is 0 Å². The second-order valence-electron chi connectivity index (χ2n) is 4.26. The largest absolute Gasteiger partial charge is 0.364 e. The number of hydrogen-bond acceptors (Lipinski definition) is 4. The summed E-state index contributed by atoms with van der Waals surface area (Å²) >= 11 is 0. The van der Waals surface area contributed by atoms with Crippen LogP contribution < -0.4 is 15.4 Å². The molecule has 18 heavy (non-hydrogen) atoms. The van der Waals surface area contributed by atoms with Gasteiger partial charge in [-0.05, 0) is 25.1 Å². The van der Waals surface area contributed by atoms with Gasteiger partial charge in [-0.3, -0.25) is 0 Å². The maximum Gasteiger partial charge on any atom is 0.238 e. The van der Waals surface area contributed by atoms with Gasteiger partial charge in [0, 0.05) is 19.6 Å². The lowest BCUT2D eigenvalue weighted by atomic mass is 10.1. The first kappa shape index (κ1) is 13.3. The number of sulfonamides is 1. The Hall–Kier alpha value is -1.18. The molecule has 5 nitrogen and oxygen atoms in total. The van der Waals surface area contributed by atoms with Gasteiger partial charge in [0.25, 0.3) is 0 Å². The summed E-state index contributed by atoms with van der Waals surface area (Å²) in [4.78, 5) is 1.71. The average Bonchev–Trinajstić information content (AvgIpc) is 2.22. The SMILES string of the molecule is CCN(c1ccc(S(N)(=O)=O)cc1F)C1CNC1. The van der Waals surface area contributed by atoms with E-state index in [1.165, 1.54) is 12.1 Å². The Morgan fingerprint density at radius 2 is 2.17 bits per heavy atom. The van der Waals surface area contributed by atoms with Crippen LogP contribution in [0.1, 0.15) is 6.92 Å². The molecule has 0 spiro atoms. The number of benzene rings is 1. The molecule has 3 N–H and O–H groups in total. The molecule has 0 atom stereocenters. The molecule has 2 rings (SSSR count). The van der Waals surface area contributed by atoms with Gasteiger partial charge in [-0.25, -0.2) is 17.9 Å². The highest BCUT2D eigenvalue weighted by Crippen LogP contribution is 2.24. The van der Waals surface area contributed by atoms with Gasteiger partial charge in [0.05, 0.1) is 16.6 Å². The van der Waals surface area contributed by atoms with Crippen molar-refractivity contribution >= 4 is 15.7 Å². The smallest absolute Gasteiger partial charge is 0.238 e. The zero-order valence-electron chi connectivity index (χ0n) is 10.1. The summed E-state index contributed by atoms with van der Waals surface area (Å²) in [6, 6.07) is 4.03. The summed E-state index contributed by atoms with van der Waals surface area (Å²) in [6.07, 6.45) is 0. The fraction of sp³-hybridized carbons (Fsp3) is 0.455. The second-order valence-corrected chi connectivity index (χ2v) is 5.82. The van der Waals surface area contributed by atoms with Gasteiger partial charge in [0.15, 0.2) is 0 Å². The minimum absolute atomic E-state index is 0.202. The fourth-order valence-corrected chi connectivity index (χ4v) is 2.54. The maximum absolute atomic E-state index is 14.0. The second kappa shape index (κ2) is 4.83. The molecule has 7 heteroatoms. The van der Waals surface area contributed by atoms with Gasteiger partial charge in [-0.1, -0.05) is 0 Å². The highest BCUT2D eigenvalue weighted by Gasteiger charge is 2.26.